The van der Waals surface area contributed by atoms with Gasteiger partial charge in [0.2, 0.25) is 0 Å². The summed E-state index contributed by atoms with van der Waals surface area (Å²) in [7, 11) is 0. The summed E-state index contributed by atoms with van der Waals surface area (Å²) in [6.07, 6.45) is -4.58. The fourth-order valence-corrected chi connectivity index (χ4v) is 1.90. The molecule has 0 aliphatic carbocycles. The number of hydrogen-bond donors (Lipinski definition) is 3. The number of halogens is 3. The van der Waals surface area contributed by atoms with Crippen molar-refractivity contribution in [2.24, 2.45) is 0 Å². The van der Waals surface area contributed by atoms with Gasteiger partial charge in [-0.15, -0.1) is 0 Å². The van der Waals surface area contributed by atoms with Crippen LogP contribution in [0.5, 0.6) is 0 Å². The van der Waals surface area contributed by atoms with Gasteiger partial charge in [0.1, 0.15) is 0 Å². The minimum atomic E-state index is -4.58. The Morgan fingerprint density at radius 3 is 2.55 bits per heavy atom. The number of nitrogen functional groups attached to an aromatic ring is 1. The van der Waals surface area contributed by atoms with E-state index in [0.29, 0.717) is 11.3 Å². The van der Waals surface area contributed by atoms with Crippen molar-refractivity contribution >= 4 is 17.3 Å². The van der Waals surface area contributed by atoms with E-state index in [1.807, 2.05) is 0 Å². The molecule has 0 saturated carbocycles. The lowest BCUT2D eigenvalue weighted by Gasteiger charge is -2.11. The minimum Gasteiger partial charge on any atom is -0.399 e. The molecule has 0 fully saturated rings. The molecule has 0 saturated heterocycles. The fraction of sp³-hybridized carbons (Fsp3) is 0.133. The van der Waals surface area contributed by atoms with Crippen molar-refractivity contribution in [3.63, 3.8) is 0 Å². The van der Waals surface area contributed by atoms with Crippen LogP contribution in [0.2, 0.25) is 0 Å². The Hall–Kier alpha value is -2.54. The van der Waals surface area contributed by atoms with E-state index in [4.69, 9.17) is 10.8 Å². The molecule has 0 unspecified atom stereocenters. The van der Waals surface area contributed by atoms with Gasteiger partial charge in [-0.2, -0.15) is 13.2 Å². The van der Waals surface area contributed by atoms with Crippen molar-refractivity contribution in [1.29, 1.82) is 0 Å². The van der Waals surface area contributed by atoms with Crippen molar-refractivity contribution in [2.45, 2.75) is 12.8 Å². The highest BCUT2D eigenvalue weighted by Gasteiger charge is 2.31. The van der Waals surface area contributed by atoms with Crippen molar-refractivity contribution in [3.05, 3.63) is 59.2 Å². The van der Waals surface area contributed by atoms with Gasteiger partial charge < -0.3 is 16.2 Å². The number of nitrogens with one attached hydrogen (secondary N) is 1. The van der Waals surface area contributed by atoms with E-state index in [2.05, 4.69) is 5.32 Å². The van der Waals surface area contributed by atoms with Crippen molar-refractivity contribution in [3.8, 4) is 0 Å². The second kappa shape index (κ2) is 6.07. The zero-order valence-corrected chi connectivity index (χ0v) is 11.3. The maximum atomic E-state index is 12.7. The van der Waals surface area contributed by atoms with Crippen LogP contribution in [0.1, 0.15) is 21.5 Å². The standard InChI is InChI=1S/C15H13F3N2O2/c16-15(17,18)11-5-10(6-12(19)7-11)14(22)20-13-3-1-2-9(4-13)8-21/h1-7,21H,8,19H2,(H,20,22). The predicted octanol–water partition coefficient (Wildman–Crippen LogP) is 3.03. The topological polar surface area (TPSA) is 75.4 Å². The second-order valence-corrected chi connectivity index (χ2v) is 4.65. The van der Waals surface area contributed by atoms with E-state index in [-0.39, 0.29) is 17.9 Å². The van der Waals surface area contributed by atoms with Crippen LogP contribution in [-0.4, -0.2) is 11.0 Å². The predicted molar refractivity (Wildman–Crippen MR) is 76.2 cm³/mol. The van der Waals surface area contributed by atoms with Gasteiger partial charge in [-0.3, -0.25) is 4.79 Å². The molecule has 4 nitrogen and oxygen atoms in total. The lowest BCUT2D eigenvalue weighted by Crippen LogP contribution is -2.15. The van der Waals surface area contributed by atoms with Crippen LogP contribution in [0.3, 0.4) is 0 Å². The molecule has 0 spiro atoms. The number of amides is 1. The van der Waals surface area contributed by atoms with Gasteiger partial charge in [-0.25, -0.2) is 0 Å². The highest BCUT2D eigenvalue weighted by atomic mass is 19.4. The largest absolute Gasteiger partial charge is 0.416 e. The lowest BCUT2D eigenvalue weighted by molar-refractivity contribution is -0.137. The van der Waals surface area contributed by atoms with E-state index in [9.17, 15) is 18.0 Å². The number of benzene rings is 2. The Morgan fingerprint density at radius 1 is 1.18 bits per heavy atom. The molecule has 0 atom stereocenters. The molecule has 0 bridgehead atoms. The molecule has 1 amide bonds. The molecule has 0 aliphatic rings. The number of aliphatic hydroxyl groups is 1. The summed E-state index contributed by atoms with van der Waals surface area (Å²) in [5.41, 5.74) is 5.03. The molecule has 0 aliphatic heterocycles. The summed E-state index contributed by atoms with van der Waals surface area (Å²) in [4.78, 5) is 12.0. The van der Waals surface area contributed by atoms with E-state index >= 15 is 0 Å². The van der Waals surface area contributed by atoms with Crippen molar-refractivity contribution in [1.82, 2.24) is 0 Å². The molecule has 0 aromatic heterocycles. The Labute approximate surface area is 124 Å². The summed E-state index contributed by atoms with van der Waals surface area (Å²) in [5.74, 6) is -0.715. The number of rotatable bonds is 3. The molecular formula is C15H13F3N2O2. The third-order valence-corrected chi connectivity index (χ3v) is 2.91. The van der Waals surface area contributed by atoms with Gasteiger partial charge in [-0.1, -0.05) is 12.1 Å². The maximum Gasteiger partial charge on any atom is 0.416 e. The van der Waals surface area contributed by atoms with E-state index in [1.54, 1.807) is 18.2 Å². The lowest BCUT2D eigenvalue weighted by atomic mass is 10.1. The van der Waals surface area contributed by atoms with Crippen LogP contribution in [0.25, 0.3) is 0 Å². The van der Waals surface area contributed by atoms with Crippen LogP contribution in [-0.2, 0) is 12.8 Å². The third kappa shape index (κ3) is 3.76. The average molecular weight is 310 g/mol. The van der Waals surface area contributed by atoms with E-state index in [1.165, 1.54) is 12.1 Å². The number of alkyl halides is 3. The number of carbonyl (C=O) groups is 1. The van der Waals surface area contributed by atoms with Crippen molar-refractivity contribution < 1.29 is 23.1 Å². The monoisotopic (exact) mass is 310 g/mol. The van der Waals surface area contributed by atoms with Crippen LogP contribution in [0.15, 0.2) is 42.5 Å². The second-order valence-electron chi connectivity index (χ2n) is 4.65. The summed E-state index contributed by atoms with van der Waals surface area (Å²) < 4.78 is 38.2. The Kier molecular flexibility index (Phi) is 4.37. The zero-order chi connectivity index (χ0) is 16.3. The number of anilines is 2. The number of hydrogen-bond acceptors (Lipinski definition) is 3. The first-order valence-corrected chi connectivity index (χ1v) is 6.28. The molecule has 7 heteroatoms. The molecule has 4 N–H and O–H groups in total. The highest BCUT2D eigenvalue weighted by molar-refractivity contribution is 6.05. The Balaban J connectivity index is 2.27. The van der Waals surface area contributed by atoms with Gasteiger partial charge in [0.05, 0.1) is 12.2 Å². The maximum absolute atomic E-state index is 12.7. The van der Waals surface area contributed by atoms with E-state index in [0.717, 1.165) is 12.1 Å². The Morgan fingerprint density at radius 2 is 1.91 bits per heavy atom. The van der Waals surface area contributed by atoms with Gasteiger partial charge in [-0.05, 0) is 35.9 Å². The average Bonchev–Trinajstić information content (AvgIpc) is 2.46. The van der Waals surface area contributed by atoms with E-state index < -0.39 is 17.6 Å². The number of carbonyl (C=O) groups excluding carboxylic acids is 1. The summed E-state index contributed by atoms with van der Waals surface area (Å²) in [6.45, 7) is -0.208. The zero-order valence-electron chi connectivity index (χ0n) is 11.3. The molecule has 2 aromatic carbocycles. The molecular weight excluding hydrogens is 297 g/mol. The first kappa shape index (κ1) is 15.8. The SMILES string of the molecule is Nc1cc(C(=O)Nc2cccc(CO)c2)cc(C(F)(F)F)c1. The number of aliphatic hydroxyl groups excluding tert-OH is 1. The first-order chi connectivity index (χ1) is 10.3. The van der Waals surface area contributed by atoms with Crippen LogP contribution < -0.4 is 11.1 Å². The molecule has 0 radical (unpaired) electrons. The van der Waals surface area contributed by atoms with Crippen LogP contribution in [0.4, 0.5) is 24.5 Å². The summed E-state index contributed by atoms with van der Waals surface area (Å²) in [6, 6.07) is 9.02. The molecule has 116 valence electrons. The number of nitrogens with two attached hydrogens (primary N) is 1. The van der Waals surface area contributed by atoms with Crippen LogP contribution in [0, 0.1) is 0 Å². The third-order valence-electron chi connectivity index (χ3n) is 2.91. The highest BCUT2D eigenvalue weighted by Crippen LogP contribution is 2.31. The Bertz CT molecular complexity index is 699. The van der Waals surface area contributed by atoms with Gasteiger partial charge >= 0.3 is 6.18 Å². The van der Waals surface area contributed by atoms with Gasteiger partial charge in [0.25, 0.3) is 5.91 Å². The van der Waals surface area contributed by atoms with Gasteiger partial charge in [0, 0.05) is 16.9 Å². The molecule has 2 aromatic rings. The minimum absolute atomic E-state index is 0.149. The summed E-state index contributed by atoms with van der Waals surface area (Å²) >= 11 is 0. The van der Waals surface area contributed by atoms with Gasteiger partial charge in [0.15, 0.2) is 0 Å². The quantitative estimate of drug-likeness (QED) is 0.763. The first-order valence-electron chi connectivity index (χ1n) is 6.28. The summed E-state index contributed by atoms with van der Waals surface area (Å²) in [5, 5.41) is 11.5. The molecule has 0 heterocycles. The molecule has 2 rings (SSSR count). The van der Waals surface area contributed by atoms with Crippen LogP contribution >= 0.6 is 0 Å². The fourth-order valence-electron chi connectivity index (χ4n) is 1.90. The normalized spacial score (nSPS) is 11.3. The molecule has 22 heavy (non-hydrogen) atoms. The van der Waals surface area contributed by atoms with Crippen molar-refractivity contribution in [2.75, 3.05) is 11.1 Å². The smallest absolute Gasteiger partial charge is 0.399 e.